The Morgan fingerprint density at radius 2 is 2.33 bits per heavy atom. The average Bonchev–Trinajstić information content (AvgIpc) is 3.01. The number of nitrogens with zero attached hydrogens (tertiary/aromatic N) is 2. The number of aromatic nitrogens is 2. The molecule has 0 radical (unpaired) electrons. The molecule has 2 aromatic rings. The molecule has 0 unspecified atom stereocenters. The van der Waals surface area contributed by atoms with Crippen molar-refractivity contribution >= 4 is 27.5 Å². The van der Waals surface area contributed by atoms with Crippen molar-refractivity contribution < 1.29 is 4.52 Å². The molecule has 0 amide bonds. The molecular formula is C12H11BrClN3O. The van der Waals surface area contributed by atoms with Crippen LogP contribution in [0.15, 0.2) is 27.2 Å². The van der Waals surface area contributed by atoms with Crippen molar-refractivity contribution in [3.8, 4) is 11.4 Å². The SMILES string of the molecule is Clc1ccc(-c2noc([C@@H]3CCCN3)n2)cc1Br. The van der Waals surface area contributed by atoms with E-state index in [9.17, 15) is 0 Å². The summed E-state index contributed by atoms with van der Waals surface area (Å²) < 4.78 is 6.13. The van der Waals surface area contributed by atoms with Crippen LogP contribution in [0.1, 0.15) is 24.8 Å². The summed E-state index contributed by atoms with van der Waals surface area (Å²) in [5.41, 5.74) is 0.888. The lowest BCUT2D eigenvalue weighted by Gasteiger charge is -2.01. The zero-order valence-electron chi connectivity index (χ0n) is 9.49. The number of hydrogen-bond acceptors (Lipinski definition) is 4. The minimum absolute atomic E-state index is 0.196. The average molecular weight is 329 g/mol. The van der Waals surface area contributed by atoms with Gasteiger partial charge in [-0.2, -0.15) is 4.98 Å². The predicted octanol–water partition coefficient (Wildman–Crippen LogP) is 3.58. The van der Waals surface area contributed by atoms with Gasteiger partial charge >= 0.3 is 0 Å². The normalized spacial score (nSPS) is 19.3. The summed E-state index contributed by atoms with van der Waals surface area (Å²) in [6, 6.07) is 5.77. The van der Waals surface area contributed by atoms with Gasteiger partial charge in [-0.1, -0.05) is 16.8 Å². The minimum atomic E-state index is 0.196. The van der Waals surface area contributed by atoms with Crippen molar-refractivity contribution in [3.05, 3.63) is 33.6 Å². The molecular weight excluding hydrogens is 318 g/mol. The second kappa shape index (κ2) is 4.99. The van der Waals surface area contributed by atoms with E-state index in [1.165, 1.54) is 0 Å². The van der Waals surface area contributed by atoms with E-state index in [4.69, 9.17) is 16.1 Å². The topological polar surface area (TPSA) is 51.0 Å². The molecule has 1 aliphatic heterocycles. The van der Waals surface area contributed by atoms with Gasteiger partial charge in [0, 0.05) is 10.0 Å². The van der Waals surface area contributed by atoms with E-state index in [1.807, 2.05) is 18.2 Å². The number of rotatable bonds is 2. The van der Waals surface area contributed by atoms with Gasteiger partial charge in [0.15, 0.2) is 0 Å². The third-order valence-corrected chi connectivity index (χ3v) is 4.19. The number of hydrogen-bond donors (Lipinski definition) is 1. The van der Waals surface area contributed by atoms with Crippen molar-refractivity contribution in [2.24, 2.45) is 0 Å². The fourth-order valence-electron chi connectivity index (χ4n) is 2.02. The van der Waals surface area contributed by atoms with Gasteiger partial charge in [0.2, 0.25) is 11.7 Å². The van der Waals surface area contributed by atoms with Crippen LogP contribution in [0.3, 0.4) is 0 Å². The lowest BCUT2D eigenvalue weighted by atomic mass is 10.2. The summed E-state index contributed by atoms with van der Waals surface area (Å²) >= 11 is 9.34. The van der Waals surface area contributed by atoms with Crippen molar-refractivity contribution in [1.29, 1.82) is 0 Å². The molecule has 1 fully saturated rings. The van der Waals surface area contributed by atoms with Gasteiger partial charge in [-0.3, -0.25) is 0 Å². The highest BCUT2D eigenvalue weighted by Crippen LogP contribution is 2.29. The Hall–Kier alpha value is -0.910. The minimum Gasteiger partial charge on any atom is -0.337 e. The molecule has 0 bridgehead atoms. The highest BCUT2D eigenvalue weighted by atomic mass is 79.9. The number of benzene rings is 1. The van der Waals surface area contributed by atoms with Gasteiger partial charge in [-0.05, 0) is 53.5 Å². The van der Waals surface area contributed by atoms with E-state index in [2.05, 4.69) is 31.4 Å². The van der Waals surface area contributed by atoms with Gasteiger partial charge in [-0.25, -0.2) is 0 Å². The maximum absolute atomic E-state index is 5.96. The Labute approximate surface area is 118 Å². The quantitative estimate of drug-likeness (QED) is 0.915. The van der Waals surface area contributed by atoms with Gasteiger partial charge in [0.05, 0.1) is 11.1 Å². The Balaban J connectivity index is 1.89. The van der Waals surface area contributed by atoms with Crippen molar-refractivity contribution in [2.45, 2.75) is 18.9 Å². The Bertz CT molecular complexity index is 566. The molecule has 4 nitrogen and oxygen atoms in total. The Kier molecular flexibility index (Phi) is 3.37. The molecule has 1 atom stereocenters. The summed E-state index contributed by atoms with van der Waals surface area (Å²) in [6.45, 7) is 1.01. The zero-order chi connectivity index (χ0) is 12.5. The van der Waals surface area contributed by atoms with Crippen molar-refractivity contribution in [2.75, 3.05) is 6.54 Å². The largest absolute Gasteiger partial charge is 0.337 e. The lowest BCUT2D eigenvalue weighted by Crippen LogP contribution is -2.12. The van der Waals surface area contributed by atoms with E-state index in [1.54, 1.807) is 0 Å². The predicted molar refractivity (Wildman–Crippen MR) is 72.4 cm³/mol. The Morgan fingerprint density at radius 3 is 3.06 bits per heavy atom. The highest BCUT2D eigenvalue weighted by molar-refractivity contribution is 9.10. The van der Waals surface area contributed by atoms with E-state index in [0.29, 0.717) is 16.7 Å². The van der Waals surface area contributed by atoms with Crippen LogP contribution in [0.4, 0.5) is 0 Å². The fourth-order valence-corrected chi connectivity index (χ4v) is 2.52. The van der Waals surface area contributed by atoms with E-state index in [-0.39, 0.29) is 6.04 Å². The summed E-state index contributed by atoms with van der Waals surface area (Å²) in [7, 11) is 0. The molecule has 6 heteroatoms. The first-order valence-corrected chi connectivity index (χ1v) is 6.93. The van der Waals surface area contributed by atoms with Crippen molar-refractivity contribution in [1.82, 2.24) is 15.5 Å². The first-order valence-electron chi connectivity index (χ1n) is 5.76. The summed E-state index contributed by atoms with van der Waals surface area (Å²) in [5, 5.41) is 8.01. The summed E-state index contributed by atoms with van der Waals surface area (Å²) in [4.78, 5) is 4.43. The maximum Gasteiger partial charge on any atom is 0.244 e. The van der Waals surface area contributed by atoms with Crippen LogP contribution in [-0.4, -0.2) is 16.7 Å². The monoisotopic (exact) mass is 327 g/mol. The van der Waals surface area contributed by atoms with Gasteiger partial charge in [0.1, 0.15) is 0 Å². The molecule has 0 saturated carbocycles. The fraction of sp³-hybridized carbons (Fsp3) is 0.333. The molecule has 1 saturated heterocycles. The van der Waals surface area contributed by atoms with E-state index < -0.39 is 0 Å². The standard InChI is InChI=1S/C12H11BrClN3O/c13-8-6-7(3-4-9(8)14)11-16-12(18-17-11)10-2-1-5-15-10/h3-4,6,10,15H,1-2,5H2/t10-/m0/s1. The molecule has 0 aliphatic carbocycles. The van der Waals surface area contributed by atoms with Crippen LogP contribution in [-0.2, 0) is 0 Å². The van der Waals surface area contributed by atoms with E-state index in [0.717, 1.165) is 29.4 Å². The molecule has 1 aliphatic rings. The highest BCUT2D eigenvalue weighted by Gasteiger charge is 2.22. The summed E-state index contributed by atoms with van der Waals surface area (Å²) in [5.74, 6) is 1.25. The maximum atomic E-state index is 5.96. The first kappa shape index (κ1) is 12.1. The molecule has 0 spiro atoms. The van der Waals surface area contributed by atoms with Crippen LogP contribution in [0.2, 0.25) is 5.02 Å². The van der Waals surface area contributed by atoms with Crippen LogP contribution < -0.4 is 5.32 Å². The van der Waals surface area contributed by atoms with E-state index >= 15 is 0 Å². The third-order valence-electron chi connectivity index (χ3n) is 2.98. The molecule has 3 rings (SSSR count). The van der Waals surface area contributed by atoms with Gasteiger partial charge < -0.3 is 9.84 Å². The van der Waals surface area contributed by atoms with Gasteiger partial charge in [0.25, 0.3) is 0 Å². The summed E-state index contributed by atoms with van der Waals surface area (Å²) in [6.07, 6.45) is 2.20. The van der Waals surface area contributed by atoms with Crippen LogP contribution in [0, 0.1) is 0 Å². The second-order valence-electron chi connectivity index (χ2n) is 4.23. The van der Waals surface area contributed by atoms with Crippen molar-refractivity contribution in [3.63, 3.8) is 0 Å². The number of halogens is 2. The molecule has 1 aromatic heterocycles. The third kappa shape index (κ3) is 2.30. The molecule has 1 N–H and O–H groups in total. The van der Waals surface area contributed by atoms with Gasteiger partial charge in [-0.15, -0.1) is 0 Å². The molecule has 1 aromatic carbocycles. The zero-order valence-corrected chi connectivity index (χ0v) is 11.8. The van der Waals surface area contributed by atoms with Crippen LogP contribution >= 0.6 is 27.5 Å². The lowest BCUT2D eigenvalue weighted by molar-refractivity contribution is 0.345. The first-order chi connectivity index (χ1) is 8.74. The van der Waals surface area contributed by atoms with Crippen LogP contribution in [0.5, 0.6) is 0 Å². The molecule has 18 heavy (non-hydrogen) atoms. The second-order valence-corrected chi connectivity index (χ2v) is 5.50. The number of nitrogens with one attached hydrogen (secondary N) is 1. The smallest absolute Gasteiger partial charge is 0.244 e. The Morgan fingerprint density at radius 1 is 1.44 bits per heavy atom. The molecule has 94 valence electrons. The molecule has 2 heterocycles. The van der Waals surface area contributed by atoms with Crippen LogP contribution in [0.25, 0.3) is 11.4 Å².